The molecular weight excluding hydrogens is 553 g/mol. The molecule has 0 fully saturated rings. The molecule has 214 valence electrons. The highest BCUT2D eigenvalue weighted by molar-refractivity contribution is 6.08. The molecule has 0 saturated heterocycles. The van der Waals surface area contributed by atoms with Gasteiger partial charge in [-0.2, -0.15) is 0 Å². The molecule has 46 heavy (non-hydrogen) atoms. The molecular formula is C46H30. The number of hydrogen-bond donors (Lipinski definition) is 0. The fourth-order valence-corrected chi connectivity index (χ4v) is 7.20. The first kappa shape index (κ1) is 26.4. The van der Waals surface area contributed by atoms with E-state index in [9.17, 15) is 0 Å². The molecule has 1 aliphatic carbocycles. The molecule has 0 bridgehead atoms. The average Bonchev–Trinajstić information content (AvgIpc) is 3.12. The Labute approximate surface area is 266 Å². The predicted octanol–water partition coefficient (Wildman–Crippen LogP) is 11.4. The summed E-state index contributed by atoms with van der Waals surface area (Å²) < 4.78 is 0. The van der Waals surface area contributed by atoms with E-state index in [2.05, 4.69) is 182 Å². The highest BCUT2D eigenvalue weighted by atomic mass is 14.1. The molecule has 0 aliphatic heterocycles. The second kappa shape index (κ2) is 10.9. The number of fused-ring (bicyclic) bond motifs is 8. The summed E-state index contributed by atoms with van der Waals surface area (Å²) in [5.41, 5.74) is 0. The highest BCUT2D eigenvalue weighted by Gasteiger charge is 2.03. The SMILES string of the molecule is c1ccc2/c(c1)=c1/cccc/c1=c1\cccc\c1=c1/cccc/c1=2.c1ccc2cc3cc4cc5ccccc5cc4cc3cc2c1. The lowest BCUT2D eigenvalue weighted by Gasteiger charge is -2.07. The number of hydrogen-bond acceptors (Lipinski definition) is 0. The normalized spacial score (nSPS) is 14.6. The summed E-state index contributed by atoms with van der Waals surface area (Å²) in [5, 5.41) is 20.8. The lowest BCUT2D eigenvalue weighted by molar-refractivity contribution is 1.29. The van der Waals surface area contributed by atoms with Crippen molar-refractivity contribution >= 4 is 43.1 Å². The minimum absolute atomic E-state index is 1.30. The van der Waals surface area contributed by atoms with Crippen LogP contribution >= 0.6 is 0 Å². The molecule has 0 radical (unpaired) electrons. The quantitative estimate of drug-likeness (QED) is 0.156. The van der Waals surface area contributed by atoms with Crippen molar-refractivity contribution in [1.29, 1.82) is 0 Å². The van der Waals surface area contributed by atoms with Crippen molar-refractivity contribution in [2.75, 3.05) is 0 Å². The van der Waals surface area contributed by atoms with E-state index in [1.54, 1.807) is 0 Å². The van der Waals surface area contributed by atoms with E-state index in [0.29, 0.717) is 0 Å². The molecule has 10 rings (SSSR count). The van der Waals surface area contributed by atoms with Gasteiger partial charge >= 0.3 is 0 Å². The number of rotatable bonds is 0. The lowest BCUT2D eigenvalue weighted by atomic mass is 9.97. The first-order valence-corrected chi connectivity index (χ1v) is 15.9. The van der Waals surface area contributed by atoms with Crippen LogP contribution in [-0.4, -0.2) is 0 Å². The van der Waals surface area contributed by atoms with Crippen LogP contribution in [0.1, 0.15) is 0 Å². The van der Waals surface area contributed by atoms with Crippen LogP contribution in [0.5, 0.6) is 0 Å². The van der Waals surface area contributed by atoms with Crippen LogP contribution in [0.15, 0.2) is 182 Å². The topological polar surface area (TPSA) is 0 Å². The van der Waals surface area contributed by atoms with Gasteiger partial charge in [0.25, 0.3) is 0 Å². The summed E-state index contributed by atoms with van der Waals surface area (Å²) >= 11 is 0. The summed E-state index contributed by atoms with van der Waals surface area (Å²) in [7, 11) is 0. The maximum atomic E-state index is 2.31. The molecule has 0 amide bonds. The Hall–Kier alpha value is -5.98. The fraction of sp³-hybridized carbons (Fsp3) is 0. The van der Waals surface area contributed by atoms with Gasteiger partial charge in [0, 0.05) is 0 Å². The van der Waals surface area contributed by atoms with E-state index in [4.69, 9.17) is 0 Å². The van der Waals surface area contributed by atoms with Gasteiger partial charge in [0.15, 0.2) is 0 Å². The molecule has 0 spiro atoms. The summed E-state index contributed by atoms with van der Waals surface area (Å²) in [5.74, 6) is 0. The van der Waals surface area contributed by atoms with Gasteiger partial charge in [0.1, 0.15) is 0 Å². The second-order valence-corrected chi connectivity index (χ2v) is 12.1. The number of benzene rings is 9. The molecule has 0 saturated carbocycles. The first-order valence-electron chi connectivity index (χ1n) is 15.9. The molecule has 0 aromatic heterocycles. The molecule has 0 unspecified atom stereocenters. The molecule has 0 atom stereocenters. The zero-order valence-corrected chi connectivity index (χ0v) is 25.3. The zero-order chi connectivity index (χ0) is 30.5. The molecule has 1 aliphatic rings. The Morgan fingerprint density at radius 1 is 0.152 bits per heavy atom. The Morgan fingerprint density at radius 2 is 0.304 bits per heavy atom. The van der Waals surface area contributed by atoms with Crippen LogP contribution < -0.4 is 0 Å². The van der Waals surface area contributed by atoms with E-state index in [-0.39, 0.29) is 0 Å². The molecule has 0 nitrogen and oxygen atoms in total. The largest absolute Gasteiger partial charge is 0.0616 e. The van der Waals surface area contributed by atoms with Gasteiger partial charge in [-0.05, 0) is 121 Å². The Balaban J connectivity index is 0.000000127. The standard InChI is InChI=1S/C24H16.C22H14/c1-2-10-18-17(9-1)19-11-3-4-13-21(19)23-15-7-8-16-24(23)22-14-6-5-12-20(18)22;1-2-6-16-10-20-14-22-12-18-8-4-3-7-17(18)11-21(22)13-19(20)9-15(16)5-1/h1-16H;1-14H/b19-17-,20-18-,23-21-,24-22-;. The first-order chi connectivity index (χ1) is 22.8. The van der Waals surface area contributed by atoms with Gasteiger partial charge in [-0.3, -0.25) is 0 Å². The lowest BCUT2D eigenvalue weighted by Crippen LogP contribution is -1.88. The van der Waals surface area contributed by atoms with E-state index < -0.39 is 0 Å². The third kappa shape index (κ3) is 4.47. The Morgan fingerprint density at radius 3 is 0.500 bits per heavy atom. The van der Waals surface area contributed by atoms with E-state index in [1.807, 2.05) is 0 Å². The van der Waals surface area contributed by atoms with Gasteiger partial charge < -0.3 is 0 Å². The summed E-state index contributed by atoms with van der Waals surface area (Å²) in [6.07, 6.45) is 0. The predicted molar refractivity (Wildman–Crippen MR) is 193 cm³/mol. The zero-order valence-electron chi connectivity index (χ0n) is 25.3. The Bertz CT molecular complexity index is 2460. The van der Waals surface area contributed by atoms with Crippen LogP contribution in [0.2, 0.25) is 0 Å². The summed E-state index contributed by atoms with van der Waals surface area (Å²) in [6.45, 7) is 0. The van der Waals surface area contributed by atoms with Crippen LogP contribution in [-0.2, 0) is 0 Å². The monoisotopic (exact) mass is 582 g/mol. The minimum atomic E-state index is 1.30. The molecule has 9 aromatic carbocycles. The average molecular weight is 583 g/mol. The van der Waals surface area contributed by atoms with Gasteiger partial charge in [-0.1, -0.05) is 146 Å². The van der Waals surface area contributed by atoms with Crippen LogP contribution in [0.4, 0.5) is 0 Å². The van der Waals surface area contributed by atoms with E-state index >= 15 is 0 Å². The van der Waals surface area contributed by atoms with Crippen molar-refractivity contribution in [3.05, 3.63) is 224 Å². The van der Waals surface area contributed by atoms with Crippen molar-refractivity contribution < 1.29 is 0 Å². The van der Waals surface area contributed by atoms with Gasteiger partial charge in [0.05, 0.1) is 0 Å². The van der Waals surface area contributed by atoms with Crippen molar-refractivity contribution in [3.63, 3.8) is 0 Å². The minimum Gasteiger partial charge on any atom is -0.0616 e. The van der Waals surface area contributed by atoms with Crippen molar-refractivity contribution in [2.24, 2.45) is 0 Å². The van der Waals surface area contributed by atoms with Gasteiger partial charge in [0.2, 0.25) is 0 Å². The van der Waals surface area contributed by atoms with E-state index in [1.165, 1.54) is 84.8 Å². The molecule has 0 heteroatoms. The third-order valence-corrected chi connectivity index (χ3v) is 9.39. The fourth-order valence-electron chi connectivity index (χ4n) is 7.20. The van der Waals surface area contributed by atoms with Crippen molar-refractivity contribution in [3.8, 4) is 0 Å². The van der Waals surface area contributed by atoms with Crippen LogP contribution in [0.25, 0.3) is 43.1 Å². The maximum Gasteiger partial charge on any atom is -0.00990 e. The van der Waals surface area contributed by atoms with Crippen LogP contribution in [0.3, 0.4) is 0 Å². The highest BCUT2D eigenvalue weighted by Crippen LogP contribution is 2.30. The van der Waals surface area contributed by atoms with Gasteiger partial charge in [-0.25, -0.2) is 0 Å². The maximum absolute atomic E-state index is 2.31. The van der Waals surface area contributed by atoms with Crippen molar-refractivity contribution in [1.82, 2.24) is 0 Å². The van der Waals surface area contributed by atoms with Crippen molar-refractivity contribution in [2.45, 2.75) is 0 Å². The molecule has 0 heterocycles. The second-order valence-electron chi connectivity index (χ2n) is 12.1. The Kier molecular flexibility index (Phi) is 6.25. The third-order valence-electron chi connectivity index (χ3n) is 9.39. The summed E-state index contributed by atoms with van der Waals surface area (Å²) in [6, 6.07) is 65.8. The molecule has 0 N–H and O–H groups in total. The van der Waals surface area contributed by atoms with Gasteiger partial charge in [-0.15, -0.1) is 0 Å². The molecule has 9 aromatic rings. The van der Waals surface area contributed by atoms with Crippen LogP contribution in [0, 0.1) is 41.7 Å². The van der Waals surface area contributed by atoms with E-state index in [0.717, 1.165) is 0 Å². The smallest absolute Gasteiger partial charge is 0.00990 e. The summed E-state index contributed by atoms with van der Waals surface area (Å²) in [4.78, 5) is 0.